The number of carbonyl (C=O) groups excluding carboxylic acids is 1. The van der Waals surface area contributed by atoms with Gasteiger partial charge < -0.3 is 4.74 Å². The van der Waals surface area contributed by atoms with Crippen molar-refractivity contribution >= 4 is 12.1 Å². The largest absolute Gasteiger partial charge is 0.378 e. The van der Waals surface area contributed by atoms with Crippen molar-refractivity contribution in [3.8, 4) is 0 Å². The van der Waals surface area contributed by atoms with Crippen molar-refractivity contribution in [3.05, 3.63) is 35.9 Å². The minimum Gasteiger partial charge on any atom is -0.378 e. The third kappa shape index (κ3) is 2.59. The van der Waals surface area contributed by atoms with Crippen LogP contribution in [0.5, 0.6) is 0 Å². The maximum Gasteiger partial charge on any atom is 0.246 e. The van der Waals surface area contributed by atoms with Gasteiger partial charge in [0.15, 0.2) is 0 Å². The lowest BCUT2D eigenvalue weighted by molar-refractivity contribution is -0.155. The first-order valence-corrected chi connectivity index (χ1v) is 8.80. The summed E-state index contributed by atoms with van der Waals surface area (Å²) in [5, 5.41) is 6.15. The average Bonchev–Trinajstić information content (AvgIpc) is 3.03. The fourth-order valence-electron chi connectivity index (χ4n) is 4.44. The van der Waals surface area contributed by atoms with Crippen molar-refractivity contribution in [1.82, 2.24) is 5.01 Å². The van der Waals surface area contributed by atoms with E-state index in [0.29, 0.717) is 11.8 Å². The number of rotatable bonds is 4. The molecule has 1 aromatic carbocycles. The first-order valence-electron chi connectivity index (χ1n) is 8.80. The predicted molar refractivity (Wildman–Crippen MR) is 88.9 cm³/mol. The Morgan fingerprint density at radius 1 is 1.22 bits per heavy atom. The topological polar surface area (TPSA) is 41.9 Å². The van der Waals surface area contributed by atoms with Gasteiger partial charge in [0.05, 0.1) is 12.1 Å². The highest BCUT2D eigenvalue weighted by molar-refractivity contribution is 5.82. The summed E-state index contributed by atoms with van der Waals surface area (Å²) in [5.41, 5.74) is 1.17. The molecule has 3 atom stereocenters. The molecule has 4 aliphatic rings. The Morgan fingerprint density at radius 3 is 2.74 bits per heavy atom. The maximum absolute atomic E-state index is 13.1. The molecule has 23 heavy (non-hydrogen) atoms. The first kappa shape index (κ1) is 14.9. The van der Waals surface area contributed by atoms with Crippen molar-refractivity contribution in [1.29, 1.82) is 0 Å². The normalized spacial score (nSPS) is 35.2. The molecule has 1 aromatic rings. The molecule has 3 saturated carbocycles. The second kappa shape index (κ2) is 6.08. The van der Waals surface area contributed by atoms with Gasteiger partial charge >= 0.3 is 0 Å². The molecule has 0 radical (unpaired) electrons. The lowest BCUT2D eigenvalue weighted by atomic mass is 9.58. The number of ether oxygens (including phenoxy) is 1. The van der Waals surface area contributed by atoms with Crippen molar-refractivity contribution in [2.75, 3.05) is 6.61 Å². The first-order chi connectivity index (χ1) is 11.3. The number of hydrogen-bond donors (Lipinski definition) is 0. The maximum atomic E-state index is 13.1. The van der Waals surface area contributed by atoms with Gasteiger partial charge in [-0.25, -0.2) is 5.01 Å². The Bertz CT molecular complexity index is 595. The molecule has 2 unspecified atom stereocenters. The summed E-state index contributed by atoms with van der Waals surface area (Å²) < 4.78 is 5.88. The standard InChI is InChI=1S/C19H24N2O2/c1-2-23-18-12-16(14-10-15(18)11-14)19(22)21-17(8-9-20-21)13-6-4-3-5-7-13/h3-7,9,14-18H,2,8,10-12H2,1H3/t14?,15?,16-,17?,18?/m0/s1. The molecule has 2 bridgehead atoms. The smallest absolute Gasteiger partial charge is 0.246 e. The van der Waals surface area contributed by atoms with Crippen LogP contribution >= 0.6 is 0 Å². The SMILES string of the molecule is CCOC1C[C@H](C(=O)N2N=CCC2c2ccccc2)C2CC1C2. The van der Waals surface area contributed by atoms with Crippen LogP contribution in [0.1, 0.15) is 44.2 Å². The molecule has 122 valence electrons. The highest BCUT2D eigenvalue weighted by Crippen LogP contribution is 2.51. The molecule has 5 rings (SSSR count). The average molecular weight is 312 g/mol. The van der Waals surface area contributed by atoms with E-state index < -0.39 is 0 Å². The van der Waals surface area contributed by atoms with Crippen LogP contribution < -0.4 is 0 Å². The molecule has 1 amide bonds. The lowest BCUT2D eigenvalue weighted by Crippen LogP contribution is -2.51. The third-order valence-corrected chi connectivity index (χ3v) is 5.73. The fraction of sp³-hybridized carbons (Fsp3) is 0.579. The summed E-state index contributed by atoms with van der Waals surface area (Å²) in [5.74, 6) is 1.49. The van der Waals surface area contributed by atoms with Crippen LogP contribution in [-0.2, 0) is 9.53 Å². The van der Waals surface area contributed by atoms with E-state index in [-0.39, 0.29) is 24.0 Å². The van der Waals surface area contributed by atoms with Gasteiger partial charge in [0.25, 0.3) is 0 Å². The van der Waals surface area contributed by atoms with E-state index in [0.717, 1.165) is 32.3 Å². The molecule has 3 aliphatic carbocycles. The number of carbonyl (C=O) groups is 1. The molecule has 4 heteroatoms. The molecule has 0 N–H and O–H groups in total. The van der Waals surface area contributed by atoms with Gasteiger partial charge in [0.1, 0.15) is 0 Å². The van der Waals surface area contributed by atoms with E-state index in [1.165, 1.54) is 5.56 Å². The minimum atomic E-state index is 0.0621. The molecule has 3 fully saturated rings. The van der Waals surface area contributed by atoms with Crippen LogP contribution in [0.3, 0.4) is 0 Å². The Kier molecular flexibility index (Phi) is 3.93. The molecule has 0 aromatic heterocycles. The van der Waals surface area contributed by atoms with E-state index in [9.17, 15) is 4.79 Å². The number of amides is 1. The third-order valence-electron chi connectivity index (χ3n) is 5.73. The van der Waals surface area contributed by atoms with Crippen molar-refractivity contribution in [3.63, 3.8) is 0 Å². The molecule has 1 heterocycles. The van der Waals surface area contributed by atoms with E-state index in [1.807, 2.05) is 31.3 Å². The molecule has 0 saturated heterocycles. The van der Waals surface area contributed by atoms with Crippen LogP contribution in [0, 0.1) is 17.8 Å². The summed E-state index contributed by atoms with van der Waals surface area (Å²) in [4.78, 5) is 13.1. The van der Waals surface area contributed by atoms with Gasteiger partial charge in [-0.3, -0.25) is 4.79 Å². The number of nitrogens with zero attached hydrogens (tertiary/aromatic N) is 2. The Morgan fingerprint density at radius 2 is 2.00 bits per heavy atom. The number of hydrazone groups is 1. The Hall–Kier alpha value is -1.68. The zero-order chi connectivity index (χ0) is 15.8. The van der Waals surface area contributed by atoms with E-state index >= 15 is 0 Å². The van der Waals surface area contributed by atoms with E-state index in [4.69, 9.17) is 4.74 Å². The second-order valence-electron chi connectivity index (χ2n) is 6.97. The molecule has 1 aliphatic heterocycles. The number of fused-ring (bicyclic) bond motifs is 2. The van der Waals surface area contributed by atoms with Crippen molar-refractivity contribution in [2.45, 2.75) is 44.8 Å². The van der Waals surface area contributed by atoms with Crippen LogP contribution in [-0.4, -0.2) is 29.8 Å². The highest BCUT2D eigenvalue weighted by Gasteiger charge is 2.50. The van der Waals surface area contributed by atoms with Crippen LogP contribution in [0.15, 0.2) is 35.4 Å². The fourth-order valence-corrected chi connectivity index (χ4v) is 4.44. The van der Waals surface area contributed by atoms with Crippen molar-refractivity contribution in [2.24, 2.45) is 22.9 Å². The Labute approximate surface area is 137 Å². The molecular formula is C19H24N2O2. The zero-order valence-electron chi connectivity index (χ0n) is 13.6. The van der Waals surface area contributed by atoms with Gasteiger partial charge in [-0.2, -0.15) is 5.10 Å². The summed E-state index contributed by atoms with van der Waals surface area (Å²) in [6.45, 7) is 2.78. The quantitative estimate of drug-likeness (QED) is 0.855. The highest BCUT2D eigenvalue weighted by atomic mass is 16.5. The summed E-state index contributed by atoms with van der Waals surface area (Å²) >= 11 is 0. The van der Waals surface area contributed by atoms with Gasteiger partial charge in [-0.1, -0.05) is 30.3 Å². The monoisotopic (exact) mass is 312 g/mol. The van der Waals surface area contributed by atoms with Crippen molar-refractivity contribution < 1.29 is 9.53 Å². The molecule has 4 nitrogen and oxygen atoms in total. The van der Waals surface area contributed by atoms with Crippen LogP contribution in [0.2, 0.25) is 0 Å². The summed E-state index contributed by atoms with van der Waals surface area (Å²) in [7, 11) is 0. The summed E-state index contributed by atoms with van der Waals surface area (Å²) in [6.07, 6.45) is 6.12. The van der Waals surface area contributed by atoms with Crippen LogP contribution in [0.25, 0.3) is 0 Å². The van der Waals surface area contributed by atoms with Crippen LogP contribution in [0.4, 0.5) is 0 Å². The molecule has 0 spiro atoms. The number of hydrogen-bond acceptors (Lipinski definition) is 3. The van der Waals surface area contributed by atoms with Gasteiger partial charge in [0, 0.05) is 25.2 Å². The van der Waals surface area contributed by atoms with Gasteiger partial charge in [-0.15, -0.1) is 0 Å². The van der Waals surface area contributed by atoms with E-state index in [1.54, 1.807) is 5.01 Å². The molecular weight excluding hydrogens is 288 g/mol. The lowest BCUT2D eigenvalue weighted by Gasteiger charge is -2.50. The minimum absolute atomic E-state index is 0.0621. The van der Waals surface area contributed by atoms with E-state index in [2.05, 4.69) is 17.2 Å². The predicted octanol–water partition coefficient (Wildman–Crippen LogP) is 3.40. The zero-order valence-corrected chi connectivity index (χ0v) is 13.6. The Balaban J connectivity index is 1.51. The second-order valence-corrected chi connectivity index (χ2v) is 6.97. The summed E-state index contributed by atoms with van der Waals surface area (Å²) in [6, 6.07) is 10.3. The van der Waals surface area contributed by atoms with Gasteiger partial charge in [-0.05, 0) is 43.6 Å². The number of benzene rings is 1. The van der Waals surface area contributed by atoms with Gasteiger partial charge in [0.2, 0.25) is 5.91 Å².